The summed E-state index contributed by atoms with van der Waals surface area (Å²) >= 11 is 0. The summed E-state index contributed by atoms with van der Waals surface area (Å²) in [6.45, 7) is 0. The Morgan fingerprint density at radius 2 is 1.86 bits per heavy atom. The minimum absolute atomic E-state index is 0.173. The van der Waals surface area contributed by atoms with Crippen molar-refractivity contribution >= 4 is 11.9 Å². The number of carbonyl (C=O) groups is 2. The molecule has 1 aromatic rings. The lowest BCUT2D eigenvalue weighted by molar-refractivity contribution is -0.141. The number of benzene rings is 1. The van der Waals surface area contributed by atoms with Gasteiger partial charge in [0.2, 0.25) is 5.91 Å². The SMILES string of the molecule is C#CC[C@@H](NC(=O)Cc1ccc(C(F)(F)F)cc1)C(=O)O. The van der Waals surface area contributed by atoms with Gasteiger partial charge in [-0.2, -0.15) is 13.2 Å². The fourth-order valence-corrected chi connectivity index (χ4v) is 1.56. The third-order valence-corrected chi connectivity index (χ3v) is 2.60. The smallest absolute Gasteiger partial charge is 0.416 e. The van der Waals surface area contributed by atoms with Gasteiger partial charge >= 0.3 is 12.1 Å². The first-order chi connectivity index (χ1) is 9.74. The highest BCUT2D eigenvalue weighted by Gasteiger charge is 2.30. The molecule has 0 aliphatic heterocycles. The maximum Gasteiger partial charge on any atom is 0.416 e. The number of alkyl halides is 3. The van der Waals surface area contributed by atoms with E-state index in [0.29, 0.717) is 5.56 Å². The van der Waals surface area contributed by atoms with Crippen LogP contribution >= 0.6 is 0 Å². The minimum Gasteiger partial charge on any atom is -0.480 e. The predicted octanol–water partition coefficient (Wildman–Crippen LogP) is 1.84. The minimum atomic E-state index is -4.44. The van der Waals surface area contributed by atoms with Crippen LogP contribution in [-0.2, 0) is 22.2 Å². The van der Waals surface area contributed by atoms with Gasteiger partial charge in [-0.1, -0.05) is 12.1 Å². The Morgan fingerprint density at radius 3 is 2.29 bits per heavy atom. The van der Waals surface area contributed by atoms with Gasteiger partial charge in [-0.25, -0.2) is 4.79 Å². The zero-order valence-electron chi connectivity index (χ0n) is 10.8. The number of nitrogens with one attached hydrogen (secondary N) is 1. The monoisotopic (exact) mass is 299 g/mol. The second kappa shape index (κ2) is 6.79. The van der Waals surface area contributed by atoms with E-state index in [1.165, 1.54) is 12.1 Å². The Kier molecular flexibility index (Phi) is 5.36. The third-order valence-electron chi connectivity index (χ3n) is 2.60. The first-order valence-corrected chi connectivity index (χ1v) is 5.86. The van der Waals surface area contributed by atoms with Gasteiger partial charge in [-0.3, -0.25) is 4.79 Å². The van der Waals surface area contributed by atoms with Gasteiger partial charge in [0.25, 0.3) is 0 Å². The molecular weight excluding hydrogens is 287 g/mol. The fraction of sp³-hybridized carbons (Fsp3) is 0.286. The number of carboxylic acid groups (broad SMARTS) is 1. The van der Waals surface area contributed by atoms with Crippen molar-refractivity contribution in [1.29, 1.82) is 0 Å². The van der Waals surface area contributed by atoms with Crippen LogP contribution in [0.2, 0.25) is 0 Å². The zero-order valence-corrected chi connectivity index (χ0v) is 10.8. The number of hydrogen-bond acceptors (Lipinski definition) is 2. The van der Waals surface area contributed by atoms with Crippen molar-refractivity contribution in [3.8, 4) is 12.3 Å². The van der Waals surface area contributed by atoms with Crippen molar-refractivity contribution < 1.29 is 27.9 Å². The first-order valence-electron chi connectivity index (χ1n) is 5.86. The molecule has 0 saturated heterocycles. The molecule has 1 aromatic carbocycles. The molecule has 0 bridgehead atoms. The molecule has 7 heteroatoms. The van der Waals surface area contributed by atoms with E-state index in [4.69, 9.17) is 11.5 Å². The molecule has 1 rings (SSSR count). The van der Waals surface area contributed by atoms with Crippen LogP contribution in [0.25, 0.3) is 0 Å². The van der Waals surface area contributed by atoms with Crippen molar-refractivity contribution in [3.05, 3.63) is 35.4 Å². The molecule has 0 saturated carbocycles. The molecule has 0 radical (unpaired) electrons. The van der Waals surface area contributed by atoms with Gasteiger partial charge in [0.15, 0.2) is 0 Å². The highest BCUT2D eigenvalue weighted by atomic mass is 19.4. The number of amides is 1. The molecule has 1 atom stereocenters. The van der Waals surface area contributed by atoms with Crippen LogP contribution in [0.4, 0.5) is 13.2 Å². The van der Waals surface area contributed by atoms with Crippen molar-refractivity contribution in [2.24, 2.45) is 0 Å². The van der Waals surface area contributed by atoms with Crippen LogP contribution in [0.3, 0.4) is 0 Å². The Labute approximate surface area is 119 Å². The zero-order chi connectivity index (χ0) is 16.0. The second-order valence-electron chi connectivity index (χ2n) is 4.24. The maximum atomic E-state index is 12.4. The normalized spacial score (nSPS) is 12.3. The van der Waals surface area contributed by atoms with E-state index in [2.05, 4.69) is 11.2 Å². The standard InChI is InChI=1S/C14H12F3NO3/c1-2-3-11(13(20)21)18-12(19)8-9-4-6-10(7-5-9)14(15,16)17/h1,4-7,11H,3,8H2,(H,18,19)(H,20,21)/t11-/m1/s1. The Bertz CT molecular complexity index is 558. The first kappa shape index (κ1) is 16.6. The Balaban J connectivity index is 2.67. The summed E-state index contributed by atoms with van der Waals surface area (Å²) in [6, 6.07) is 2.84. The van der Waals surface area contributed by atoms with Crippen LogP contribution in [0, 0.1) is 12.3 Å². The second-order valence-corrected chi connectivity index (χ2v) is 4.24. The van der Waals surface area contributed by atoms with Gasteiger partial charge < -0.3 is 10.4 Å². The van der Waals surface area contributed by atoms with Crippen LogP contribution in [-0.4, -0.2) is 23.0 Å². The number of aliphatic carboxylic acids is 1. The molecule has 4 nitrogen and oxygen atoms in total. The van der Waals surface area contributed by atoms with Gasteiger partial charge in [-0.15, -0.1) is 12.3 Å². The summed E-state index contributed by atoms with van der Waals surface area (Å²) in [4.78, 5) is 22.4. The molecule has 2 N–H and O–H groups in total. The lowest BCUT2D eigenvalue weighted by atomic mass is 10.1. The highest BCUT2D eigenvalue weighted by molar-refractivity contribution is 5.85. The molecule has 1 amide bonds. The number of carboxylic acids is 1. The maximum absolute atomic E-state index is 12.4. The van der Waals surface area contributed by atoms with Gasteiger partial charge in [0, 0.05) is 6.42 Å². The summed E-state index contributed by atoms with van der Waals surface area (Å²) in [6.07, 6.45) is 0.137. The lowest BCUT2D eigenvalue weighted by Gasteiger charge is -2.12. The number of terminal acetylenes is 1. The summed E-state index contributed by atoms with van der Waals surface area (Å²) < 4.78 is 37.1. The third kappa shape index (κ3) is 5.18. The van der Waals surface area contributed by atoms with E-state index in [9.17, 15) is 22.8 Å². The molecule has 0 fully saturated rings. The lowest BCUT2D eigenvalue weighted by Crippen LogP contribution is -2.41. The van der Waals surface area contributed by atoms with E-state index in [0.717, 1.165) is 12.1 Å². The number of hydrogen-bond donors (Lipinski definition) is 2. The van der Waals surface area contributed by atoms with E-state index < -0.39 is 29.7 Å². The van der Waals surface area contributed by atoms with Crippen LogP contribution in [0.15, 0.2) is 24.3 Å². The van der Waals surface area contributed by atoms with E-state index >= 15 is 0 Å². The molecule has 0 aliphatic rings. The van der Waals surface area contributed by atoms with Crippen molar-refractivity contribution in [1.82, 2.24) is 5.32 Å². The summed E-state index contributed by atoms with van der Waals surface area (Å²) in [5, 5.41) is 11.0. The van der Waals surface area contributed by atoms with Crippen LogP contribution in [0.1, 0.15) is 17.5 Å². The molecule has 0 heterocycles. The Hall–Kier alpha value is -2.49. The van der Waals surface area contributed by atoms with E-state index in [-0.39, 0.29) is 12.8 Å². The highest BCUT2D eigenvalue weighted by Crippen LogP contribution is 2.29. The summed E-state index contributed by atoms with van der Waals surface area (Å²) in [5.41, 5.74) is -0.479. The van der Waals surface area contributed by atoms with Crippen molar-refractivity contribution in [2.45, 2.75) is 25.1 Å². The van der Waals surface area contributed by atoms with Gasteiger partial charge in [0.1, 0.15) is 6.04 Å². The quantitative estimate of drug-likeness (QED) is 0.815. The van der Waals surface area contributed by atoms with Gasteiger partial charge in [0.05, 0.1) is 12.0 Å². The molecular formula is C14H12F3NO3. The molecule has 21 heavy (non-hydrogen) atoms. The van der Waals surface area contributed by atoms with Gasteiger partial charge in [-0.05, 0) is 17.7 Å². The molecule has 0 aliphatic carbocycles. The van der Waals surface area contributed by atoms with Crippen molar-refractivity contribution in [3.63, 3.8) is 0 Å². The number of carbonyl (C=O) groups excluding carboxylic acids is 1. The largest absolute Gasteiger partial charge is 0.480 e. The predicted molar refractivity (Wildman–Crippen MR) is 68.2 cm³/mol. The molecule has 0 unspecified atom stereocenters. The van der Waals surface area contributed by atoms with Crippen molar-refractivity contribution in [2.75, 3.05) is 0 Å². The number of halogens is 3. The van der Waals surface area contributed by atoms with E-state index in [1.54, 1.807) is 0 Å². The molecule has 0 aromatic heterocycles. The van der Waals surface area contributed by atoms with Crippen LogP contribution < -0.4 is 5.32 Å². The number of rotatable bonds is 5. The fourth-order valence-electron chi connectivity index (χ4n) is 1.56. The molecule has 112 valence electrons. The summed E-state index contributed by atoms with van der Waals surface area (Å²) in [7, 11) is 0. The average molecular weight is 299 g/mol. The molecule has 0 spiro atoms. The van der Waals surface area contributed by atoms with E-state index in [1.807, 2.05) is 0 Å². The van der Waals surface area contributed by atoms with Crippen LogP contribution in [0.5, 0.6) is 0 Å². The topological polar surface area (TPSA) is 66.4 Å². The Morgan fingerprint density at radius 1 is 1.29 bits per heavy atom. The average Bonchev–Trinajstić information content (AvgIpc) is 2.37. The summed E-state index contributed by atoms with van der Waals surface area (Å²) in [5.74, 6) is 0.225.